The van der Waals surface area contributed by atoms with Crippen LogP contribution in [-0.4, -0.2) is 31.6 Å². The van der Waals surface area contributed by atoms with Crippen LogP contribution in [0.3, 0.4) is 0 Å². The summed E-state index contributed by atoms with van der Waals surface area (Å²) < 4.78 is 26.6. The van der Waals surface area contributed by atoms with Crippen molar-refractivity contribution >= 4 is 0 Å². The van der Waals surface area contributed by atoms with Gasteiger partial charge in [0.2, 0.25) is 0 Å². The van der Waals surface area contributed by atoms with Gasteiger partial charge in [0.1, 0.15) is 0 Å². The molecule has 0 spiro atoms. The predicted molar refractivity (Wildman–Crippen MR) is 65.9 cm³/mol. The Morgan fingerprint density at radius 1 is 1.24 bits per heavy atom. The molecule has 0 heterocycles. The number of hydrogen-bond donors (Lipinski definition) is 1. The van der Waals surface area contributed by atoms with Gasteiger partial charge in [-0.25, -0.2) is 8.78 Å². The Hall–Kier alpha value is -1.00. The van der Waals surface area contributed by atoms with Gasteiger partial charge in [-0.3, -0.25) is 0 Å². The van der Waals surface area contributed by atoms with Crippen LogP contribution in [0.5, 0.6) is 0 Å². The number of benzene rings is 1. The molecule has 0 radical (unpaired) electrons. The molecule has 0 saturated heterocycles. The highest BCUT2D eigenvalue weighted by molar-refractivity contribution is 5.22. The maximum Gasteiger partial charge on any atom is 0.163 e. The molecule has 2 unspecified atom stereocenters. The first-order valence-electron chi connectivity index (χ1n) is 5.76. The Bertz CT molecular complexity index is 366. The monoisotopic (exact) mass is 242 g/mol. The molecule has 1 N–H and O–H groups in total. The molecule has 0 saturated carbocycles. The fourth-order valence-electron chi connectivity index (χ4n) is 1.97. The van der Waals surface area contributed by atoms with Crippen molar-refractivity contribution in [3.8, 4) is 0 Å². The highest BCUT2D eigenvalue weighted by atomic mass is 19.2. The quantitative estimate of drug-likeness (QED) is 0.853. The molecular formula is C13H20F2N2. The summed E-state index contributed by atoms with van der Waals surface area (Å²) in [5, 5.41) is 3.25. The standard InChI is InChI=1S/C13H20F2N2/c1-9(8-17(3)4)16-10(2)11-6-5-7-12(14)13(11)15/h5-7,9-10,16H,8H2,1-4H3. The summed E-state index contributed by atoms with van der Waals surface area (Å²) in [6.45, 7) is 4.71. The minimum Gasteiger partial charge on any atom is -0.308 e. The Kier molecular flexibility index (Phi) is 5.02. The lowest BCUT2D eigenvalue weighted by Gasteiger charge is -2.23. The van der Waals surface area contributed by atoms with E-state index in [9.17, 15) is 8.78 Å². The fraction of sp³-hybridized carbons (Fsp3) is 0.538. The van der Waals surface area contributed by atoms with Gasteiger partial charge in [-0.05, 0) is 34.0 Å². The van der Waals surface area contributed by atoms with Crippen LogP contribution in [0.4, 0.5) is 8.78 Å². The van der Waals surface area contributed by atoms with Crippen LogP contribution in [0, 0.1) is 11.6 Å². The Morgan fingerprint density at radius 3 is 2.47 bits per heavy atom. The molecule has 1 rings (SSSR count). The van der Waals surface area contributed by atoms with Crippen molar-refractivity contribution in [1.29, 1.82) is 0 Å². The minimum atomic E-state index is -0.795. The average Bonchev–Trinajstić information content (AvgIpc) is 2.20. The first kappa shape index (κ1) is 14.1. The van der Waals surface area contributed by atoms with E-state index in [2.05, 4.69) is 5.32 Å². The molecule has 0 bridgehead atoms. The van der Waals surface area contributed by atoms with Gasteiger partial charge in [0.05, 0.1) is 0 Å². The summed E-state index contributed by atoms with van der Waals surface area (Å²) in [6.07, 6.45) is 0. The summed E-state index contributed by atoms with van der Waals surface area (Å²) in [4.78, 5) is 2.05. The van der Waals surface area contributed by atoms with Crippen LogP contribution in [0.2, 0.25) is 0 Å². The highest BCUT2D eigenvalue weighted by Gasteiger charge is 2.15. The lowest BCUT2D eigenvalue weighted by atomic mass is 10.1. The van der Waals surface area contributed by atoms with Gasteiger partial charge >= 0.3 is 0 Å². The fourth-order valence-corrected chi connectivity index (χ4v) is 1.97. The first-order valence-corrected chi connectivity index (χ1v) is 5.76. The average molecular weight is 242 g/mol. The lowest BCUT2D eigenvalue weighted by molar-refractivity contribution is 0.331. The second-order valence-electron chi connectivity index (χ2n) is 4.69. The molecule has 0 aliphatic rings. The van der Waals surface area contributed by atoms with Crippen molar-refractivity contribution in [2.75, 3.05) is 20.6 Å². The molecule has 1 aromatic rings. The molecule has 0 aliphatic carbocycles. The van der Waals surface area contributed by atoms with Crippen molar-refractivity contribution in [3.05, 3.63) is 35.4 Å². The Labute approximate surface area is 102 Å². The Balaban J connectivity index is 2.69. The summed E-state index contributed by atoms with van der Waals surface area (Å²) in [7, 11) is 3.96. The molecule has 0 aliphatic heterocycles. The van der Waals surface area contributed by atoms with E-state index in [1.54, 1.807) is 6.07 Å². The molecule has 0 aromatic heterocycles. The highest BCUT2D eigenvalue weighted by Crippen LogP contribution is 2.19. The van der Waals surface area contributed by atoms with E-state index >= 15 is 0 Å². The molecule has 17 heavy (non-hydrogen) atoms. The topological polar surface area (TPSA) is 15.3 Å². The largest absolute Gasteiger partial charge is 0.308 e. The summed E-state index contributed by atoms with van der Waals surface area (Å²) in [5.41, 5.74) is 0.371. The number of rotatable bonds is 5. The number of nitrogens with one attached hydrogen (secondary N) is 1. The lowest BCUT2D eigenvalue weighted by Crippen LogP contribution is -2.37. The molecule has 2 atom stereocenters. The van der Waals surface area contributed by atoms with Gasteiger partial charge in [0.15, 0.2) is 11.6 Å². The van der Waals surface area contributed by atoms with Gasteiger partial charge in [-0.2, -0.15) is 0 Å². The normalized spacial score (nSPS) is 15.0. The minimum absolute atomic E-state index is 0.208. The molecule has 96 valence electrons. The first-order chi connectivity index (χ1) is 7.91. The van der Waals surface area contributed by atoms with Crippen LogP contribution in [0.15, 0.2) is 18.2 Å². The van der Waals surface area contributed by atoms with Crippen LogP contribution >= 0.6 is 0 Å². The molecule has 0 amide bonds. The predicted octanol–water partition coefficient (Wildman–Crippen LogP) is 2.57. The van der Waals surface area contributed by atoms with Gasteiger partial charge < -0.3 is 10.2 Å². The van der Waals surface area contributed by atoms with Crippen LogP contribution < -0.4 is 5.32 Å². The van der Waals surface area contributed by atoms with E-state index < -0.39 is 11.6 Å². The molecule has 0 fully saturated rings. The van der Waals surface area contributed by atoms with E-state index in [1.165, 1.54) is 6.07 Å². The summed E-state index contributed by atoms with van der Waals surface area (Å²) >= 11 is 0. The van der Waals surface area contributed by atoms with Gasteiger partial charge in [0, 0.05) is 24.2 Å². The number of nitrogens with zero attached hydrogens (tertiary/aromatic N) is 1. The van der Waals surface area contributed by atoms with E-state index in [0.29, 0.717) is 5.56 Å². The van der Waals surface area contributed by atoms with Crippen LogP contribution in [0.1, 0.15) is 25.5 Å². The van der Waals surface area contributed by atoms with Gasteiger partial charge in [-0.15, -0.1) is 0 Å². The third-order valence-corrected chi connectivity index (χ3v) is 2.62. The van der Waals surface area contributed by atoms with E-state index in [0.717, 1.165) is 12.6 Å². The zero-order valence-electron chi connectivity index (χ0n) is 10.8. The smallest absolute Gasteiger partial charge is 0.163 e. The molecule has 1 aromatic carbocycles. The number of likely N-dealkylation sites (N-methyl/N-ethyl adjacent to an activating group) is 1. The zero-order valence-corrected chi connectivity index (χ0v) is 10.8. The third kappa shape index (κ3) is 4.06. The van der Waals surface area contributed by atoms with Crippen molar-refractivity contribution in [1.82, 2.24) is 10.2 Å². The maximum absolute atomic E-state index is 13.5. The second kappa shape index (κ2) is 6.07. The third-order valence-electron chi connectivity index (χ3n) is 2.62. The van der Waals surface area contributed by atoms with Gasteiger partial charge in [-0.1, -0.05) is 12.1 Å². The van der Waals surface area contributed by atoms with Crippen molar-refractivity contribution in [3.63, 3.8) is 0 Å². The van der Waals surface area contributed by atoms with Crippen LogP contribution in [-0.2, 0) is 0 Å². The van der Waals surface area contributed by atoms with E-state index in [4.69, 9.17) is 0 Å². The molecule has 2 nitrogen and oxygen atoms in total. The second-order valence-corrected chi connectivity index (χ2v) is 4.69. The molecular weight excluding hydrogens is 222 g/mol. The van der Waals surface area contributed by atoms with Gasteiger partial charge in [0.25, 0.3) is 0 Å². The SMILES string of the molecule is CC(CN(C)C)NC(C)c1cccc(F)c1F. The summed E-state index contributed by atoms with van der Waals surface area (Å²) in [5.74, 6) is -1.55. The Morgan fingerprint density at radius 2 is 1.88 bits per heavy atom. The van der Waals surface area contributed by atoms with E-state index in [-0.39, 0.29) is 12.1 Å². The van der Waals surface area contributed by atoms with Crippen molar-refractivity contribution < 1.29 is 8.78 Å². The van der Waals surface area contributed by atoms with Crippen LogP contribution in [0.25, 0.3) is 0 Å². The maximum atomic E-state index is 13.5. The summed E-state index contributed by atoms with van der Waals surface area (Å²) in [6, 6.07) is 4.28. The molecule has 4 heteroatoms. The zero-order chi connectivity index (χ0) is 13.0. The number of hydrogen-bond acceptors (Lipinski definition) is 2. The van der Waals surface area contributed by atoms with Crippen molar-refractivity contribution in [2.24, 2.45) is 0 Å². The number of halogens is 2. The van der Waals surface area contributed by atoms with Crippen molar-refractivity contribution in [2.45, 2.75) is 25.9 Å². The van der Waals surface area contributed by atoms with E-state index in [1.807, 2.05) is 32.8 Å².